The fourth-order valence-corrected chi connectivity index (χ4v) is 11.5. The van der Waals surface area contributed by atoms with Crippen molar-refractivity contribution in [2.24, 2.45) is 0 Å². The minimum atomic E-state index is -0.663. The van der Waals surface area contributed by atoms with Crippen LogP contribution in [0.4, 0.5) is 0 Å². The van der Waals surface area contributed by atoms with Crippen LogP contribution in [-0.2, 0) is 14.3 Å². The molecule has 0 fully saturated rings. The van der Waals surface area contributed by atoms with Crippen LogP contribution in [0.3, 0.4) is 0 Å². The number of unbranched alkanes of at least 4 members (excludes halogenated alkanes) is 52. The second kappa shape index (κ2) is 70.6. The van der Waals surface area contributed by atoms with Gasteiger partial charge in [0.1, 0.15) is 0 Å². The Kier molecular flexibility index (Phi) is 68.9. The van der Waals surface area contributed by atoms with Crippen LogP contribution in [-0.4, -0.2) is 47.4 Å². The number of hydrogen-bond donors (Lipinski definition) is 3. The highest BCUT2D eigenvalue weighted by molar-refractivity contribution is 5.76. The molecule has 6 heteroatoms. The van der Waals surface area contributed by atoms with Crippen LogP contribution in [0.25, 0.3) is 0 Å². The number of amides is 1. The largest absolute Gasteiger partial charge is 0.466 e. The van der Waals surface area contributed by atoms with Crippen LogP contribution in [0, 0.1) is 0 Å². The van der Waals surface area contributed by atoms with Crippen molar-refractivity contribution in [3.05, 3.63) is 36.5 Å². The maximum Gasteiger partial charge on any atom is 0.305 e. The predicted octanol–water partition coefficient (Wildman–Crippen LogP) is 23.9. The van der Waals surface area contributed by atoms with E-state index in [1.807, 2.05) is 0 Å². The van der Waals surface area contributed by atoms with Crippen molar-refractivity contribution in [1.29, 1.82) is 0 Å². The SMILES string of the molecule is CCCC/C=C\C/C=C\CCCCCCCC(=O)OCCCCCCCCCCCCCC/C=C\CCCCCCCCCCCCCCCCCCC(=O)NC(CO)C(O)CCCCCCCCCCCCCCCCCCCC. The Morgan fingerprint density at radius 1 is 0.346 bits per heavy atom. The number of ether oxygens (including phenoxy) is 1. The molecule has 0 aromatic carbocycles. The normalized spacial score (nSPS) is 12.7. The summed E-state index contributed by atoms with van der Waals surface area (Å²) in [6.07, 6.45) is 90.7. The van der Waals surface area contributed by atoms with E-state index in [9.17, 15) is 19.8 Å². The molecule has 0 saturated heterocycles. The zero-order valence-electron chi connectivity index (χ0n) is 54.8. The summed E-state index contributed by atoms with van der Waals surface area (Å²) in [6, 6.07) is -0.540. The molecular formula is C75H143NO5. The summed E-state index contributed by atoms with van der Waals surface area (Å²) in [5.41, 5.74) is 0. The molecule has 0 saturated carbocycles. The second-order valence-electron chi connectivity index (χ2n) is 25.3. The summed E-state index contributed by atoms with van der Waals surface area (Å²) in [6.45, 7) is 4.94. The smallest absolute Gasteiger partial charge is 0.305 e. The molecule has 0 aliphatic rings. The number of carbonyl (C=O) groups is 2. The minimum Gasteiger partial charge on any atom is -0.466 e. The molecule has 0 rings (SSSR count). The zero-order valence-corrected chi connectivity index (χ0v) is 54.8. The lowest BCUT2D eigenvalue weighted by molar-refractivity contribution is -0.143. The summed E-state index contributed by atoms with van der Waals surface area (Å²) in [4.78, 5) is 24.6. The highest BCUT2D eigenvalue weighted by Crippen LogP contribution is 2.19. The average Bonchev–Trinajstić information content (AvgIpc) is 3.47. The van der Waals surface area contributed by atoms with Gasteiger partial charge in [0.25, 0.3) is 0 Å². The Morgan fingerprint density at radius 2 is 0.630 bits per heavy atom. The highest BCUT2D eigenvalue weighted by atomic mass is 16.5. The Bertz CT molecular complexity index is 1310. The monoisotopic (exact) mass is 1140 g/mol. The molecule has 0 aromatic heterocycles. The van der Waals surface area contributed by atoms with Crippen LogP contribution in [0.2, 0.25) is 0 Å². The van der Waals surface area contributed by atoms with E-state index >= 15 is 0 Å². The molecule has 0 heterocycles. The summed E-state index contributed by atoms with van der Waals surface area (Å²) in [5, 5.41) is 23.4. The quantitative estimate of drug-likeness (QED) is 0.0320. The van der Waals surface area contributed by atoms with Crippen molar-refractivity contribution in [1.82, 2.24) is 5.32 Å². The first-order valence-electron chi connectivity index (χ1n) is 36.7. The van der Waals surface area contributed by atoms with E-state index in [0.717, 1.165) is 51.4 Å². The third-order valence-corrected chi connectivity index (χ3v) is 17.2. The molecule has 2 unspecified atom stereocenters. The first kappa shape index (κ1) is 79.1. The maximum absolute atomic E-state index is 12.5. The van der Waals surface area contributed by atoms with E-state index in [-0.39, 0.29) is 18.5 Å². The first-order chi connectivity index (χ1) is 40.0. The number of aliphatic hydroxyl groups is 2. The molecule has 0 bridgehead atoms. The minimum absolute atomic E-state index is 0.00394. The molecule has 81 heavy (non-hydrogen) atoms. The van der Waals surface area contributed by atoms with E-state index in [1.54, 1.807) is 0 Å². The Hall–Kier alpha value is -1.92. The number of carbonyl (C=O) groups excluding carboxylic acids is 2. The topological polar surface area (TPSA) is 95.9 Å². The van der Waals surface area contributed by atoms with Gasteiger partial charge in [-0.3, -0.25) is 9.59 Å². The van der Waals surface area contributed by atoms with Crippen LogP contribution in [0.5, 0.6) is 0 Å². The van der Waals surface area contributed by atoms with Crippen molar-refractivity contribution in [2.75, 3.05) is 13.2 Å². The molecule has 0 aromatic rings. The molecule has 0 aliphatic heterocycles. The van der Waals surface area contributed by atoms with Gasteiger partial charge in [-0.05, 0) is 77.0 Å². The first-order valence-corrected chi connectivity index (χ1v) is 36.7. The number of esters is 1. The molecule has 1 amide bonds. The molecule has 3 N–H and O–H groups in total. The van der Waals surface area contributed by atoms with Crippen molar-refractivity contribution >= 4 is 11.9 Å². The highest BCUT2D eigenvalue weighted by Gasteiger charge is 2.20. The molecule has 0 radical (unpaired) electrons. The van der Waals surface area contributed by atoms with Gasteiger partial charge in [-0.2, -0.15) is 0 Å². The number of aliphatic hydroxyl groups excluding tert-OH is 2. The molecule has 6 nitrogen and oxygen atoms in total. The second-order valence-corrected chi connectivity index (χ2v) is 25.3. The van der Waals surface area contributed by atoms with Gasteiger partial charge in [-0.15, -0.1) is 0 Å². The van der Waals surface area contributed by atoms with Crippen molar-refractivity contribution in [2.45, 2.75) is 418 Å². The summed E-state index contributed by atoms with van der Waals surface area (Å²) < 4.78 is 5.48. The lowest BCUT2D eigenvalue weighted by Gasteiger charge is -2.22. The Labute approximate surface area is 506 Å². The fraction of sp³-hybridized carbons (Fsp3) is 0.893. The number of allylic oxidation sites excluding steroid dienone is 6. The van der Waals surface area contributed by atoms with E-state index in [4.69, 9.17) is 4.74 Å². The van der Waals surface area contributed by atoms with Crippen LogP contribution in [0.15, 0.2) is 36.5 Å². The predicted molar refractivity (Wildman–Crippen MR) is 356 cm³/mol. The van der Waals surface area contributed by atoms with Gasteiger partial charge in [0, 0.05) is 12.8 Å². The van der Waals surface area contributed by atoms with Crippen LogP contribution in [0.1, 0.15) is 406 Å². The van der Waals surface area contributed by atoms with Crippen LogP contribution >= 0.6 is 0 Å². The van der Waals surface area contributed by atoms with Gasteiger partial charge in [0.15, 0.2) is 0 Å². The van der Waals surface area contributed by atoms with E-state index in [1.165, 1.54) is 321 Å². The molecular weight excluding hydrogens is 995 g/mol. The van der Waals surface area contributed by atoms with Crippen molar-refractivity contribution in [3.8, 4) is 0 Å². The van der Waals surface area contributed by atoms with E-state index in [2.05, 4.69) is 55.6 Å². The zero-order chi connectivity index (χ0) is 58.5. The lowest BCUT2D eigenvalue weighted by Crippen LogP contribution is -2.45. The standard InChI is InChI=1S/C75H143NO5/c1-3-5-7-9-11-13-15-17-19-20-37-40-43-47-51-55-59-63-67-73(78)72(71-77)76-74(79)68-64-60-56-52-48-44-41-38-35-33-31-29-27-25-23-21-22-24-26-28-30-32-34-36-39-42-46-50-54-58-62-66-70-81-75(80)69-65-61-57-53-49-45-18-16-14-12-10-8-6-4-2/h10,12,16,18,24,26,72-73,77-78H,3-9,11,13-15,17,19-23,25,27-71H2,1-2H3,(H,76,79)/b12-10-,18-16-,26-24-. The average molecular weight is 1140 g/mol. The number of hydrogen-bond acceptors (Lipinski definition) is 5. The Morgan fingerprint density at radius 3 is 0.988 bits per heavy atom. The molecule has 0 spiro atoms. The molecule has 478 valence electrons. The molecule has 2 atom stereocenters. The summed E-state index contributed by atoms with van der Waals surface area (Å²) in [7, 11) is 0. The van der Waals surface area contributed by atoms with Gasteiger partial charge in [0.05, 0.1) is 25.4 Å². The fourth-order valence-electron chi connectivity index (χ4n) is 11.5. The van der Waals surface area contributed by atoms with Crippen LogP contribution < -0.4 is 5.32 Å². The lowest BCUT2D eigenvalue weighted by atomic mass is 10.0. The van der Waals surface area contributed by atoms with Gasteiger partial charge < -0.3 is 20.3 Å². The van der Waals surface area contributed by atoms with Crippen molar-refractivity contribution in [3.63, 3.8) is 0 Å². The number of nitrogens with one attached hydrogen (secondary N) is 1. The number of rotatable bonds is 69. The summed E-state index contributed by atoms with van der Waals surface area (Å²) >= 11 is 0. The van der Waals surface area contributed by atoms with E-state index in [0.29, 0.717) is 25.9 Å². The van der Waals surface area contributed by atoms with E-state index < -0.39 is 12.1 Å². The third-order valence-electron chi connectivity index (χ3n) is 17.2. The third kappa shape index (κ3) is 67.1. The van der Waals surface area contributed by atoms with Gasteiger partial charge in [-0.25, -0.2) is 0 Å². The Balaban J connectivity index is 3.36. The van der Waals surface area contributed by atoms with Gasteiger partial charge in [-0.1, -0.05) is 352 Å². The van der Waals surface area contributed by atoms with Crippen molar-refractivity contribution < 1.29 is 24.5 Å². The maximum atomic E-state index is 12.5. The molecule has 0 aliphatic carbocycles. The van der Waals surface area contributed by atoms with Gasteiger partial charge in [0.2, 0.25) is 5.91 Å². The van der Waals surface area contributed by atoms with Gasteiger partial charge >= 0.3 is 5.97 Å². The summed E-state index contributed by atoms with van der Waals surface area (Å²) in [5.74, 6) is -0.0247.